The Morgan fingerprint density at radius 1 is 1.39 bits per heavy atom. The summed E-state index contributed by atoms with van der Waals surface area (Å²) in [7, 11) is 0. The zero-order valence-corrected chi connectivity index (χ0v) is 13.6. The van der Waals surface area contributed by atoms with Crippen LogP contribution in [0.5, 0.6) is 0 Å². The van der Waals surface area contributed by atoms with Gasteiger partial charge in [-0.05, 0) is 24.6 Å². The van der Waals surface area contributed by atoms with Gasteiger partial charge in [-0.3, -0.25) is 0 Å². The lowest BCUT2D eigenvalue weighted by molar-refractivity contribution is 0.112. The van der Waals surface area contributed by atoms with E-state index in [1.807, 2.05) is 5.38 Å². The van der Waals surface area contributed by atoms with Gasteiger partial charge in [0.1, 0.15) is 6.04 Å². The Morgan fingerprint density at radius 2 is 2.13 bits per heavy atom. The topological polar surface area (TPSA) is 83.8 Å². The Labute approximate surface area is 141 Å². The molecule has 2 aromatic rings. The number of nitrogens with one attached hydrogen (secondary N) is 1. The highest BCUT2D eigenvalue weighted by molar-refractivity contribution is 7.11. The lowest BCUT2D eigenvalue weighted by Crippen LogP contribution is -2.31. The summed E-state index contributed by atoms with van der Waals surface area (Å²) in [6, 6.07) is 6.46. The molecule has 1 aromatic heterocycles. The summed E-state index contributed by atoms with van der Waals surface area (Å²) >= 11 is 7.36. The molecule has 118 valence electrons. The second kappa shape index (κ2) is 6.39. The fraction of sp³-hybridized carbons (Fsp3) is 0.133. The Bertz CT molecular complexity index is 785. The van der Waals surface area contributed by atoms with Gasteiger partial charge < -0.3 is 15.2 Å². The first kappa shape index (κ1) is 15.5. The number of carboxylic acid groups (broad SMARTS) is 1. The molecule has 3 rings (SSSR count). The molecule has 0 radical (unpaired) electrons. The summed E-state index contributed by atoms with van der Waals surface area (Å²) in [6.45, 7) is 1.74. The van der Waals surface area contributed by atoms with Gasteiger partial charge in [0, 0.05) is 16.6 Å². The summed E-state index contributed by atoms with van der Waals surface area (Å²) in [5.41, 5.74) is 1.35. The number of amidine groups is 1. The highest BCUT2D eigenvalue weighted by Crippen LogP contribution is 2.33. The standard InChI is InChI=1S/C15H12ClN3O3S/c1-8-12(22-15(20)21)11(9-2-4-10(16)5-3-9)19-13(18-8)14-17-6-7-23-14/h2-7,11H,1H3,(H,18,19)(H,20,21). The number of nitrogens with zero attached hydrogens (tertiary/aromatic N) is 2. The van der Waals surface area contributed by atoms with Gasteiger partial charge in [0.25, 0.3) is 0 Å². The molecule has 23 heavy (non-hydrogen) atoms. The molecule has 1 aliphatic heterocycles. The first-order valence-corrected chi connectivity index (χ1v) is 7.92. The van der Waals surface area contributed by atoms with Crippen LogP contribution in [-0.4, -0.2) is 22.1 Å². The first-order chi connectivity index (χ1) is 11.0. The minimum atomic E-state index is -1.38. The molecule has 0 saturated carbocycles. The molecule has 0 spiro atoms. The number of rotatable bonds is 3. The maximum atomic E-state index is 11.0. The smallest absolute Gasteiger partial charge is 0.449 e. The minimum Gasteiger partial charge on any atom is -0.449 e. The number of allylic oxidation sites excluding steroid dienone is 1. The zero-order chi connectivity index (χ0) is 16.4. The third kappa shape index (κ3) is 3.35. The van der Waals surface area contributed by atoms with E-state index in [4.69, 9.17) is 21.4 Å². The van der Waals surface area contributed by atoms with Gasteiger partial charge in [-0.1, -0.05) is 23.7 Å². The summed E-state index contributed by atoms with van der Waals surface area (Å²) in [4.78, 5) is 19.8. The lowest BCUT2D eigenvalue weighted by atomic mass is 10.0. The van der Waals surface area contributed by atoms with Crippen LogP contribution in [0.25, 0.3) is 0 Å². The molecular formula is C15H12ClN3O3S. The Balaban J connectivity index is 2.04. The van der Waals surface area contributed by atoms with E-state index >= 15 is 0 Å². The Morgan fingerprint density at radius 3 is 2.74 bits per heavy atom. The lowest BCUT2D eigenvalue weighted by Gasteiger charge is -2.25. The van der Waals surface area contributed by atoms with Gasteiger partial charge in [0.15, 0.2) is 16.6 Å². The predicted octanol–water partition coefficient (Wildman–Crippen LogP) is 3.81. The molecule has 0 bridgehead atoms. The number of thiazole rings is 1. The fourth-order valence-electron chi connectivity index (χ4n) is 2.21. The van der Waals surface area contributed by atoms with Crippen LogP contribution in [-0.2, 0) is 4.74 Å². The van der Waals surface area contributed by atoms with Crippen molar-refractivity contribution in [1.82, 2.24) is 10.3 Å². The Hall–Kier alpha value is -2.38. The third-order valence-electron chi connectivity index (χ3n) is 3.20. The zero-order valence-electron chi connectivity index (χ0n) is 12.0. The van der Waals surface area contributed by atoms with E-state index in [-0.39, 0.29) is 5.76 Å². The second-order valence-electron chi connectivity index (χ2n) is 4.75. The maximum absolute atomic E-state index is 11.0. The monoisotopic (exact) mass is 349 g/mol. The summed E-state index contributed by atoms with van der Waals surface area (Å²) in [5, 5.41) is 15.2. The van der Waals surface area contributed by atoms with Crippen molar-refractivity contribution in [2.24, 2.45) is 4.99 Å². The van der Waals surface area contributed by atoms with Crippen molar-refractivity contribution in [2.75, 3.05) is 0 Å². The number of carbonyl (C=O) groups is 1. The fourth-order valence-corrected chi connectivity index (χ4v) is 2.92. The van der Waals surface area contributed by atoms with Crippen LogP contribution in [0.15, 0.2) is 52.3 Å². The number of benzene rings is 1. The number of hydrogen-bond acceptors (Lipinski definition) is 6. The van der Waals surface area contributed by atoms with Crippen LogP contribution in [0.2, 0.25) is 5.02 Å². The molecule has 6 nitrogen and oxygen atoms in total. The Kier molecular flexibility index (Phi) is 4.31. The molecule has 8 heteroatoms. The third-order valence-corrected chi connectivity index (χ3v) is 4.23. The molecule has 0 amide bonds. The number of hydrogen-bond donors (Lipinski definition) is 2. The van der Waals surface area contributed by atoms with Crippen LogP contribution in [0.3, 0.4) is 0 Å². The quantitative estimate of drug-likeness (QED) is 0.823. The average Bonchev–Trinajstić information content (AvgIpc) is 3.04. The minimum absolute atomic E-state index is 0.236. The van der Waals surface area contributed by atoms with Crippen LogP contribution >= 0.6 is 22.9 Å². The molecule has 2 heterocycles. The molecular weight excluding hydrogens is 338 g/mol. The molecule has 2 N–H and O–H groups in total. The molecule has 1 unspecified atom stereocenters. The van der Waals surface area contributed by atoms with Gasteiger partial charge in [-0.25, -0.2) is 14.8 Å². The second-order valence-corrected chi connectivity index (χ2v) is 6.08. The summed E-state index contributed by atoms with van der Waals surface area (Å²) in [5.74, 6) is 0.815. The number of aromatic nitrogens is 1. The highest BCUT2D eigenvalue weighted by atomic mass is 35.5. The normalized spacial score (nSPS) is 17.5. The largest absolute Gasteiger partial charge is 0.511 e. The van der Waals surface area contributed by atoms with Gasteiger partial charge in [0.05, 0.1) is 5.70 Å². The van der Waals surface area contributed by atoms with Crippen molar-refractivity contribution < 1.29 is 14.6 Å². The average molecular weight is 350 g/mol. The van der Waals surface area contributed by atoms with Crippen molar-refractivity contribution in [3.8, 4) is 0 Å². The molecule has 0 fully saturated rings. The van der Waals surface area contributed by atoms with Crippen molar-refractivity contribution in [3.05, 3.63) is 62.9 Å². The number of halogens is 1. The molecule has 1 aromatic carbocycles. The predicted molar refractivity (Wildman–Crippen MR) is 87.8 cm³/mol. The van der Waals surface area contributed by atoms with E-state index in [0.29, 0.717) is 16.6 Å². The van der Waals surface area contributed by atoms with E-state index in [1.54, 1.807) is 37.4 Å². The summed E-state index contributed by atoms with van der Waals surface area (Å²) in [6.07, 6.45) is 0.303. The van der Waals surface area contributed by atoms with Crippen LogP contribution in [0, 0.1) is 0 Å². The molecule has 0 aliphatic carbocycles. The van der Waals surface area contributed by atoms with Gasteiger partial charge in [-0.15, -0.1) is 11.3 Å². The summed E-state index contributed by atoms with van der Waals surface area (Å²) < 4.78 is 4.94. The van der Waals surface area contributed by atoms with Crippen molar-refractivity contribution in [3.63, 3.8) is 0 Å². The molecule has 1 aliphatic rings. The molecule has 0 saturated heterocycles. The van der Waals surface area contributed by atoms with Crippen molar-refractivity contribution >= 4 is 34.9 Å². The van der Waals surface area contributed by atoms with E-state index in [0.717, 1.165) is 10.6 Å². The van der Waals surface area contributed by atoms with Gasteiger partial charge >= 0.3 is 6.16 Å². The van der Waals surface area contributed by atoms with Gasteiger partial charge in [-0.2, -0.15) is 0 Å². The van der Waals surface area contributed by atoms with Crippen LogP contribution in [0.1, 0.15) is 23.5 Å². The van der Waals surface area contributed by atoms with E-state index in [2.05, 4.69) is 15.3 Å². The molecule has 1 atom stereocenters. The number of aliphatic imine (C=N–C) groups is 1. The highest BCUT2D eigenvalue weighted by Gasteiger charge is 2.28. The van der Waals surface area contributed by atoms with Crippen LogP contribution < -0.4 is 5.32 Å². The van der Waals surface area contributed by atoms with Crippen molar-refractivity contribution in [1.29, 1.82) is 0 Å². The van der Waals surface area contributed by atoms with E-state index in [9.17, 15) is 4.79 Å². The van der Waals surface area contributed by atoms with Gasteiger partial charge in [0.2, 0.25) is 0 Å². The maximum Gasteiger partial charge on any atom is 0.511 e. The van der Waals surface area contributed by atoms with Crippen LogP contribution in [0.4, 0.5) is 4.79 Å². The van der Waals surface area contributed by atoms with Crippen molar-refractivity contribution in [2.45, 2.75) is 13.0 Å². The van der Waals surface area contributed by atoms with E-state index in [1.165, 1.54) is 11.3 Å². The number of ether oxygens (including phenoxy) is 1. The SMILES string of the molecule is CC1=C(OC(=O)O)C(c2ccc(Cl)cc2)N=C(c2nccs2)N1. The van der Waals surface area contributed by atoms with E-state index < -0.39 is 12.2 Å². The first-order valence-electron chi connectivity index (χ1n) is 6.66.